The zero-order chi connectivity index (χ0) is 29.3. The van der Waals surface area contributed by atoms with Gasteiger partial charge in [-0.1, -0.05) is 82.0 Å². The number of allylic oxidation sites excluding steroid dienone is 4. The SMILES string of the molecule is C=C(C)CCCCc1nc2cc(C(=C)N3CCNC3)ccc2nc1-c1ccccc1.C=C/C=C(/O)CCC.CC. The normalized spacial score (nSPS) is 12.7. The van der Waals surface area contributed by atoms with Gasteiger partial charge in [-0.25, -0.2) is 9.97 Å². The Morgan fingerprint density at radius 1 is 1.02 bits per heavy atom. The van der Waals surface area contributed by atoms with Gasteiger partial charge in [0.05, 0.1) is 34.8 Å². The lowest BCUT2D eigenvalue weighted by atomic mass is 10.0. The maximum atomic E-state index is 8.84. The Hall–Kier alpha value is -3.70. The third-order valence-corrected chi connectivity index (χ3v) is 6.44. The van der Waals surface area contributed by atoms with Crippen LogP contribution in [0.1, 0.15) is 71.1 Å². The van der Waals surface area contributed by atoms with Crippen molar-refractivity contribution in [3.05, 3.63) is 103 Å². The molecule has 0 aliphatic carbocycles. The molecule has 0 unspecified atom stereocenters. The monoisotopic (exact) mass is 540 g/mol. The largest absolute Gasteiger partial charge is 0.512 e. The van der Waals surface area contributed by atoms with E-state index in [4.69, 9.17) is 15.1 Å². The first-order valence-electron chi connectivity index (χ1n) is 14.6. The van der Waals surface area contributed by atoms with Crippen molar-refractivity contribution in [2.45, 2.75) is 66.2 Å². The van der Waals surface area contributed by atoms with Gasteiger partial charge in [-0.3, -0.25) is 5.32 Å². The van der Waals surface area contributed by atoms with Crippen LogP contribution < -0.4 is 5.32 Å². The summed E-state index contributed by atoms with van der Waals surface area (Å²) in [6.45, 7) is 22.7. The van der Waals surface area contributed by atoms with Crippen molar-refractivity contribution in [1.29, 1.82) is 0 Å². The van der Waals surface area contributed by atoms with Crippen LogP contribution in [0.4, 0.5) is 0 Å². The highest BCUT2D eigenvalue weighted by molar-refractivity contribution is 5.82. The summed E-state index contributed by atoms with van der Waals surface area (Å²) >= 11 is 0. The molecule has 3 aromatic rings. The summed E-state index contributed by atoms with van der Waals surface area (Å²) in [5.74, 6) is 0.419. The van der Waals surface area contributed by atoms with Crippen LogP contribution in [-0.4, -0.2) is 39.7 Å². The smallest absolute Gasteiger partial charge is 0.0925 e. The fraction of sp³-hybridized carbons (Fsp3) is 0.371. The van der Waals surface area contributed by atoms with Gasteiger partial charge in [-0.15, -0.1) is 6.58 Å². The molecule has 1 fully saturated rings. The minimum absolute atomic E-state index is 0.419. The summed E-state index contributed by atoms with van der Waals surface area (Å²) in [7, 11) is 0. The summed E-state index contributed by atoms with van der Waals surface area (Å²) in [5, 5.41) is 12.2. The van der Waals surface area contributed by atoms with Crippen molar-refractivity contribution < 1.29 is 5.11 Å². The zero-order valence-corrected chi connectivity index (χ0v) is 25.0. The second-order valence-corrected chi connectivity index (χ2v) is 9.76. The van der Waals surface area contributed by atoms with E-state index in [9.17, 15) is 0 Å². The molecule has 214 valence electrons. The molecule has 1 saturated heterocycles. The number of hydrogen-bond acceptors (Lipinski definition) is 5. The fourth-order valence-electron chi connectivity index (χ4n) is 4.39. The molecule has 4 rings (SSSR count). The van der Waals surface area contributed by atoms with E-state index in [1.165, 1.54) is 5.57 Å². The van der Waals surface area contributed by atoms with Gasteiger partial charge in [0.25, 0.3) is 0 Å². The van der Waals surface area contributed by atoms with Gasteiger partial charge in [0.15, 0.2) is 0 Å². The summed E-state index contributed by atoms with van der Waals surface area (Å²) in [6.07, 6.45) is 9.13. The lowest BCUT2D eigenvalue weighted by molar-refractivity contribution is 0.387. The van der Waals surface area contributed by atoms with Crippen molar-refractivity contribution in [2.75, 3.05) is 19.8 Å². The lowest BCUT2D eigenvalue weighted by Crippen LogP contribution is -2.19. The molecule has 1 aliphatic rings. The van der Waals surface area contributed by atoms with Crippen LogP contribution >= 0.6 is 0 Å². The van der Waals surface area contributed by atoms with Crippen LogP contribution in [0.25, 0.3) is 28.0 Å². The number of hydrogen-bond donors (Lipinski definition) is 2. The van der Waals surface area contributed by atoms with Crippen LogP contribution in [0.3, 0.4) is 0 Å². The van der Waals surface area contributed by atoms with E-state index in [0.717, 1.165) is 97.5 Å². The molecule has 0 saturated carbocycles. The molecule has 0 amide bonds. The van der Waals surface area contributed by atoms with E-state index in [1.54, 1.807) is 12.2 Å². The van der Waals surface area contributed by atoms with Gasteiger partial charge in [0, 0.05) is 30.8 Å². The van der Waals surface area contributed by atoms with Gasteiger partial charge in [-0.2, -0.15) is 0 Å². The third kappa shape index (κ3) is 10.1. The van der Waals surface area contributed by atoms with Gasteiger partial charge >= 0.3 is 0 Å². The van der Waals surface area contributed by atoms with Crippen molar-refractivity contribution in [3.8, 4) is 11.3 Å². The molecule has 40 heavy (non-hydrogen) atoms. The standard InChI is InChI=1S/C26H30N4.C7H12O.C2H6/c1-19(2)9-7-8-12-24-26(21-10-5-4-6-11-21)29-23-14-13-22(17-25(23)28-24)20(3)30-16-15-27-18-30;1-3-5-7(8)6-4-2;1-2/h4-6,10-11,13-14,17,27H,1,3,7-9,12,15-16,18H2,2H3;3,5,8H,1,4,6H2,2H3;1-2H3/b;7-5+;. The fourth-order valence-corrected chi connectivity index (χ4v) is 4.39. The number of aliphatic hydroxyl groups is 1. The minimum atomic E-state index is 0.419. The second kappa shape index (κ2) is 17.8. The maximum Gasteiger partial charge on any atom is 0.0925 e. The highest BCUT2D eigenvalue weighted by Crippen LogP contribution is 2.27. The first-order chi connectivity index (χ1) is 19.4. The quantitative estimate of drug-likeness (QED) is 0.110. The number of nitrogens with one attached hydrogen (secondary N) is 1. The minimum Gasteiger partial charge on any atom is -0.512 e. The molecular formula is C35H48N4O. The molecule has 0 bridgehead atoms. The second-order valence-electron chi connectivity index (χ2n) is 9.76. The number of rotatable bonds is 11. The van der Waals surface area contributed by atoms with E-state index in [2.05, 4.69) is 79.3 Å². The molecule has 1 aliphatic heterocycles. The molecule has 1 aromatic heterocycles. The van der Waals surface area contributed by atoms with Gasteiger partial charge < -0.3 is 10.0 Å². The molecule has 0 radical (unpaired) electrons. The van der Waals surface area contributed by atoms with Crippen molar-refractivity contribution >= 4 is 16.7 Å². The maximum absolute atomic E-state index is 8.84. The number of unbranched alkanes of at least 4 members (excludes halogenated alkanes) is 1. The Balaban J connectivity index is 0.000000484. The zero-order valence-electron chi connectivity index (χ0n) is 25.0. The Morgan fingerprint density at radius 3 is 2.40 bits per heavy atom. The number of aryl methyl sites for hydroxylation is 1. The van der Waals surface area contributed by atoms with E-state index in [1.807, 2.05) is 26.8 Å². The summed E-state index contributed by atoms with van der Waals surface area (Å²) in [5.41, 5.74) is 8.45. The molecule has 0 atom stereocenters. The topological polar surface area (TPSA) is 61.3 Å². The number of aliphatic hydroxyl groups excluding tert-OH is 1. The first-order valence-corrected chi connectivity index (χ1v) is 14.6. The van der Waals surface area contributed by atoms with Crippen LogP contribution in [0.5, 0.6) is 0 Å². The molecular weight excluding hydrogens is 492 g/mol. The van der Waals surface area contributed by atoms with E-state index < -0.39 is 0 Å². The predicted molar refractivity (Wildman–Crippen MR) is 173 cm³/mol. The Bertz CT molecular complexity index is 1260. The summed E-state index contributed by atoms with van der Waals surface area (Å²) in [6, 6.07) is 16.7. The van der Waals surface area contributed by atoms with Crippen LogP contribution in [0, 0.1) is 0 Å². The molecule has 2 heterocycles. The van der Waals surface area contributed by atoms with Crippen molar-refractivity contribution in [2.24, 2.45) is 0 Å². The molecule has 2 N–H and O–H groups in total. The van der Waals surface area contributed by atoms with Gasteiger partial charge in [-0.05, 0) is 62.8 Å². The summed E-state index contributed by atoms with van der Waals surface area (Å²) in [4.78, 5) is 12.4. The van der Waals surface area contributed by atoms with Crippen LogP contribution in [0.15, 0.2) is 91.8 Å². The lowest BCUT2D eigenvalue weighted by Gasteiger charge is -2.20. The number of benzene rings is 2. The average Bonchev–Trinajstić information content (AvgIpc) is 3.51. The molecule has 5 heteroatoms. The molecule has 5 nitrogen and oxygen atoms in total. The predicted octanol–water partition coefficient (Wildman–Crippen LogP) is 8.86. The number of aromatic nitrogens is 2. The highest BCUT2D eigenvalue weighted by Gasteiger charge is 2.16. The Labute approximate surface area is 242 Å². The van der Waals surface area contributed by atoms with Crippen molar-refractivity contribution in [3.63, 3.8) is 0 Å². The van der Waals surface area contributed by atoms with Gasteiger partial charge in [0.2, 0.25) is 0 Å². The first kappa shape index (κ1) is 32.5. The molecule has 0 spiro atoms. The molecule has 2 aromatic carbocycles. The van der Waals surface area contributed by atoms with Crippen molar-refractivity contribution in [1.82, 2.24) is 20.2 Å². The highest BCUT2D eigenvalue weighted by atomic mass is 16.3. The number of fused-ring (bicyclic) bond motifs is 1. The number of nitrogens with zero attached hydrogens (tertiary/aromatic N) is 3. The van der Waals surface area contributed by atoms with Crippen LogP contribution in [0.2, 0.25) is 0 Å². The van der Waals surface area contributed by atoms with Crippen LogP contribution in [-0.2, 0) is 6.42 Å². The van der Waals surface area contributed by atoms with Gasteiger partial charge in [0.1, 0.15) is 0 Å². The Morgan fingerprint density at radius 2 is 1.77 bits per heavy atom. The summed E-state index contributed by atoms with van der Waals surface area (Å²) < 4.78 is 0. The Kier molecular flexibility index (Phi) is 14.5. The van der Waals surface area contributed by atoms with E-state index in [0.29, 0.717) is 5.76 Å². The third-order valence-electron chi connectivity index (χ3n) is 6.44. The van der Waals surface area contributed by atoms with E-state index in [-0.39, 0.29) is 0 Å². The average molecular weight is 541 g/mol. The van der Waals surface area contributed by atoms with E-state index >= 15 is 0 Å².